The van der Waals surface area contributed by atoms with E-state index in [4.69, 9.17) is 5.73 Å². The van der Waals surface area contributed by atoms with E-state index >= 15 is 0 Å². The third kappa shape index (κ3) is 3.02. The summed E-state index contributed by atoms with van der Waals surface area (Å²) in [6.45, 7) is 7.14. The van der Waals surface area contributed by atoms with Crippen LogP contribution in [0.4, 0.5) is 0 Å². The van der Waals surface area contributed by atoms with Crippen molar-refractivity contribution in [3.05, 3.63) is 16.5 Å². The highest BCUT2D eigenvalue weighted by atomic mass is 32.2. The van der Waals surface area contributed by atoms with Crippen LogP contribution < -0.4 is 10.5 Å². The molecule has 0 saturated heterocycles. The fourth-order valence-corrected chi connectivity index (χ4v) is 4.90. The van der Waals surface area contributed by atoms with Crippen LogP contribution in [0.3, 0.4) is 0 Å². The maximum absolute atomic E-state index is 12.3. The van der Waals surface area contributed by atoms with Crippen molar-refractivity contribution >= 4 is 21.4 Å². The van der Waals surface area contributed by atoms with Crippen molar-refractivity contribution in [1.82, 2.24) is 4.72 Å². The molecule has 108 valence electrons. The first-order valence-electron chi connectivity index (χ1n) is 6.60. The van der Waals surface area contributed by atoms with Crippen LogP contribution in [0.5, 0.6) is 0 Å². The summed E-state index contributed by atoms with van der Waals surface area (Å²) >= 11 is 1.27. The number of sulfonamides is 1. The molecule has 1 saturated carbocycles. The van der Waals surface area contributed by atoms with Crippen LogP contribution >= 0.6 is 11.3 Å². The molecule has 19 heavy (non-hydrogen) atoms. The van der Waals surface area contributed by atoms with Crippen LogP contribution in [0.15, 0.2) is 10.3 Å². The Labute approximate surface area is 119 Å². The second-order valence-electron chi connectivity index (χ2n) is 5.72. The number of nitrogens with one attached hydrogen (secondary N) is 1. The molecule has 0 radical (unpaired) electrons. The first kappa shape index (κ1) is 15.0. The molecule has 1 heterocycles. The molecule has 2 rings (SSSR count). The summed E-state index contributed by atoms with van der Waals surface area (Å²) in [6, 6.07) is 1.71. The van der Waals surface area contributed by atoms with E-state index in [9.17, 15) is 8.42 Å². The first-order chi connectivity index (χ1) is 8.81. The molecule has 6 heteroatoms. The molecule has 1 aliphatic rings. The second kappa shape index (κ2) is 5.16. The zero-order valence-corrected chi connectivity index (χ0v) is 13.3. The van der Waals surface area contributed by atoms with Gasteiger partial charge < -0.3 is 5.73 Å². The Morgan fingerprint density at radius 2 is 2.11 bits per heavy atom. The van der Waals surface area contributed by atoms with Gasteiger partial charge in [0, 0.05) is 18.0 Å². The van der Waals surface area contributed by atoms with Gasteiger partial charge in [-0.25, -0.2) is 13.1 Å². The summed E-state index contributed by atoms with van der Waals surface area (Å²) in [7, 11) is -3.39. The molecule has 0 atom stereocenters. The average Bonchev–Trinajstić information content (AvgIpc) is 3.04. The zero-order chi connectivity index (χ0) is 14.3. The molecular weight excluding hydrogens is 280 g/mol. The molecule has 1 fully saturated rings. The topological polar surface area (TPSA) is 72.2 Å². The second-order valence-corrected chi connectivity index (χ2v) is 8.85. The molecule has 4 nitrogen and oxygen atoms in total. The molecular formula is C13H22N2O2S2. The lowest BCUT2D eigenvalue weighted by atomic mass is 9.93. The smallest absolute Gasteiger partial charge is 0.250 e. The monoisotopic (exact) mass is 302 g/mol. The van der Waals surface area contributed by atoms with Crippen LogP contribution in [0.25, 0.3) is 0 Å². The van der Waals surface area contributed by atoms with Crippen molar-refractivity contribution in [2.45, 2.75) is 44.4 Å². The highest BCUT2D eigenvalue weighted by Crippen LogP contribution is 2.51. The van der Waals surface area contributed by atoms with E-state index < -0.39 is 10.0 Å². The lowest BCUT2D eigenvalue weighted by Gasteiger charge is -2.19. The van der Waals surface area contributed by atoms with E-state index in [1.807, 2.05) is 6.92 Å². The summed E-state index contributed by atoms with van der Waals surface area (Å²) < 4.78 is 27.7. The highest BCUT2D eigenvalue weighted by molar-refractivity contribution is 7.91. The van der Waals surface area contributed by atoms with E-state index in [1.165, 1.54) is 11.3 Å². The summed E-state index contributed by atoms with van der Waals surface area (Å²) in [6.07, 6.45) is 2.23. The van der Waals surface area contributed by atoms with Crippen LogP contribution in [0.1, 0.15) is 37.1 Å². The van der Waals surface area contributed by atoms with Crippen LogP contribution in [0.2, 0.25) is 0 Å². The number of nitrogens with two attached hydrogens (primary N) is 1. The Morgan fingerprint density at radius 3 is 2.53 bits per heavy atom. The normalized spacial score (nSPS) is 17.9. The quantitative estimate of drug-likeness (QED) is 0.846. The van der Waals surface area contributed by atoms with Crippen molar-refractivity contribution in [2.75, 3.05) is 6.54 Å². The van der Waals surface area contributed by atoms with Gasteiger partial charge in [0.2, 0.25) is 10.0 Å². The van der Waals surface area contributed by atoms with Gasteiger partial charge in [-0.1, -0.05) is 13.8 Å². The minimum atomic E-state index is -3.39. The van der Waals surface area contributed by atoms with Gasteiger partial charge in [-0.15, -0.1) is 11.3 Å². The maximum atomic E-state index is 12.3. The lowest BCUT2D eigenvalue weighted by Crippen LogP contribution is -2.32. The molecule has 0 bridgehead atoms. The highest BCUT2D eigenvalue weighted by Gasteiger charge is 2.45. The standard InChI is InChI=1S/C13H22N2O2S2/c1-9(2)13(4-5-13)8-15-19(16,17)12-6-10(3)11(7-14)18-12/h6,9,15H,4-5,7-8,14H2,1-3H3. The lowest BCUT2D eigenvalue weighted by molar-refractivity contribution is 0.357. The number of hydrogen-bond donors (Lipinski definition) is 2. The van der Waals surface area contributed by atoms with E-state index in [2.05, 4.69) is 18.6 Å². The molecule has 0 spiro atoms. The van der Waals surface area contributed by atoms with Gasteiger partial charge in [-0.05, 0) is 42.7 Å². The van der Waals surface area contributed by atoms with Gasteiger partial charge in [0.25, 0.3) is 0 Å². The Hall–Kier alpha value is -0.430. The first-order valence-corrected chi connectivity index (χ1v) is 8.90. The average molecular weight is 302 g/mol. The Bertz CT molecular complexity index is 557. The predicted octanol–water partition coefficient (Wildman–Crippen LogP) is 2.23. The van der Waals surface area contributed by atoms with Gasteiger partial charge in [-0.2, -0.15) is 0 Å². The molecule has 0 amide bonds. The SMILES string of the molecule is Cc1cc(S(=O)(=O)NCC2(C(C)C)CC2)sc1CN. The van der Waals surface area contributed by atoms with E-state index in [1.54, 1.807) is 6.07 Å². The van der Waals surface area contributed by atoms with Gasteiger partial charge in [0.15, 0.2) is 0 Å². The number of thiophene rings is 1. The summed E-state index contributed by atoms with van der Waals surface area (Å²) in [5.41, 5.74) is 6.73. The van der Waals surface area contributed by atoms with Crippen molar-refractivity contribution in [3.63, 3.8) is 0 Å². The number of rotatable bonds is 6. The van der Waals surface area contributed by atoms with E-state index in [0.29, 0.717) is 23.2 Å². The van der Waals surface area contributed by atoms with Crippen molar-refractivity contribution in [1.29, 1.82) is 0 Å². The van der Waals surface area contributed by atoms with Gasteiger partial charge in [0.1, 0.15) is 4.21 Å². The van der Waals surface area contributed by atoms with E-state index in [-0.39, 0.29) is 5.41 Å². The van der Waals surface area contributed by atoms with Crippen LogP contribution in [-0.4, -0.2) is 15.0 Å². The van der Waals surface area contributed by atoms with E-state index in [0.717, 1.165) is 23.3 Å². The maximum Gasteiger partial charge on any atom is 0.250 e. The molecule has 0 aromatic carbocycles. The van der Waals surface area contributed by atoms with Gasteiger partial charge in [-0.3, -0.25) is 0 Å². The molecule has 0 aliphatic heterocycles. The van der Waals surface area contributed by atoms with Crippen LogP contribution in [0, 0.1) is 18.3 Å². The van der Waals surface area contributed by atoms with Gasteiger partial charge >= 0.3 is 0 Å². The minimum Gasteiger partial charge on any atom is -0.326 e. The Balaban J connectivity index is 2.10. The van der Waals surface area contributed by atoms with Crippen molar-refractivity contribution in [2.24, 2.45) is 17.1 Å². The number of hydrogen-bond acceptors (Lipinski definition) is 4. The van der Waals surface area contributed by atoms with Crippen molar-refractivity contribution in [3.8, 4) is 0 Å². The molecule has 0 unspecified atom stereocenters. The van der Waals surface area contributed by atoms with Gasteiger partial charge in [0.05, 0.1) is 0 Å². The fourth-order valence-electron chi connectivity index (χ4n) is 2.25. The fraction of sp³-hybridized carbons (Fsp3) is 0.692. The molecule has 3 N–H and O–H groups in total. The Morgan fingerprint density at radius 1 is 1.47 bits per heavy atom. The predicted molar refractivity (Wildman–Crippen MR) is 78.6 cm³/mol. The third-order valence-electron chi connectivity index (χ3n) is 4.18. The summed E-state index contributed by atoms with van der Waals surface area (Å²) in [4.78, 5) is 0.936. The zero-order valence-electron chi connectivity index (χ0n) is 11.7. The molecule has 1 aromatic heterocycles. The minimum absolute atomic E-state index is 0.177. The number of aryl methyl sites for hydroxylation is 1. The molecule has 1 aromatic rings. The Kier molecular flexibility index (Phi) is 4.07. The summed E-state index contributed by atoms with van der Waals surface area (Å²) in [5.74, 6) is 0.514. The largest absolute Gasteiger partial charge is 0.326 e. The van der Waals surface area contributed by atoms with Crippen molar-refractivity contribution < 1.29 is 8.42 Å². The summed E-state index contributed by atoms with van der Waals surface area (Å²) in [5, 5.41) is 0. The molecule has 1 aliphatic carbocycles. The third-order valence-corrected chi connectivity index (χ3v) is 7.31. The van der Waals surface area contributed by atoms with Crippen LogP contribution in [-0.2, 0) is 16.6 Å².